The van der Waals surface area contributed by atoms with Gasteiger partial charge in [-0.05, 0) is 55.0 Å². The number of rotatable bonds is 3. The second-order valence-corrected chi connectivity index (χ2v) is 5.76. The van der Waals surface area contributed by atoms with E-state index in [2.05, 4.69) is 41.7 Å². The van der Waals surface area contributed by atoms with Gasteiger partial charge in [0.15, 0.2) is 11.5 Å². The SMILES string of the molecule is c1ccc2c(c1)CCC(CCc1ccc3c(c1)OCO3)N2. The third-order valence-electron chi connectivity index (χ3n) is 4.36. The fourth-order valence-corrected chi connectivity index (χ4v) is 3.15. The Balaban J connectivity index is 1.39. The fraction of sp³-hybridized carbons (Fsp3) is 0.333. The average molecular weight is 281 g/mol. The molecule has 3 heteroatoms. The van der Waals surface area contributed by atoms with Crippen molar-refractivity contribution < 1.29 is 9.47 Å². The smallest absolute Gasteiger partial charge is 0.231 e. The minimum Gasteiger partial charge on any atom is -0.454 e. The fourth-order valence-electron chi connectivity index (χ4n) is 3.15. The van der Waals surface area contributed by atoms with Gasteiger partial charge in [-0.15, -0.1) is 0 Å². The van der Waals surface area contributed by atoms with Crippen LogP contribution in [0.1, 0.15) is 24.0 Å². The van der Waals surface area contributed by atoms with E-state index in [-0.39, 0.29) is 0 Å². The van der Waals surface area contributed by atoms with E-state index in [0.29, 0.717) is 12.8 Å². The zero-order valence-electron chi connectivity index (χ0n) is 12.0. The summed E-state index contributed by atoms with van der Waals surface area (Å²) in [4.78, 5) is 0. The lowest BCUT2D eigenvalue weighted by Gasteiger charge is -2.27. The van der Waals surface area contributed by atoms with Crippen LogP contribution in [0.25, 0.3) is 0 Å². The summed E-state index contributed by atoms with van der Waals surface area (Å²) in [5, 5.41) is 3.66. The molecular weight excluding hydrogens is 262 g/mol. The first-order valence-corrected chi connectivity index (χ1v) is 7.61. The molecule has 1 N–H and O–H groups in total. The van der Waals surface area contributed by atoms with Crippen molar-refractivity contribution in [3.8, 4) is 11.5 Å². The highest BCUT2D eigenvalue weighted by atomic mass is 16.7. The van der Waals surface area contributed by atoms with Gasteiger partial charge in [-0.1, -0.05) is 24.3 Å². The standard InChI is InChI=1S/C18H19NO2/c1-2-4-16-14(3-1)7-9-15(19-16)8-5-13-6-10-17-18(11-13)21-12-20-17/h1-4,6,10-11,15,19H,5,7-9,12H2. The number of aryl methyl sites for hydroxylation is 2. The van der Waals surface area contributed by atoms with Crippen LogP contribution in [0.3, 0.4) is 0 Å². The molecule has 2 aliphatic heterocycles. The predicted molar refractivity (Wildman–Crippen MR) is 83.1 cm³/mol. The van der Waals surface area contributed by atoms with E-state index in [1.807, 2.05) is 6.07 Å². The van der Waals surface area contributed by atoms with E-state index in [1.165, 1.54) is 29.7 Å². The zero-order valence-corrected chi connectivity index (χ0v) is 12.0. The molecule has 21 heavy (non-hydrogen) atoms. The van der Waals surface area contributed by atoms with Crippen LogP contribution in [-0.4, -0.2) is 12.8 Å². The molecule has 108 valence electrons. The maximum atomic E-state index is 5.44. The minimum absolute atomic E-state index is 0.347. The van der Waals surface area contributed by atoms with Gasteiger partial charge in [0.25, 0.3) is 0 Å². The van der Waals surface area contributed by atoms with Gasteiger partial charge in [0, 0.05) is 11.7 Å². The Bertz CT molecular complexity index is 653. The number of nitrogens with one attached hydrogen (secondary N) is 1. The van der Waals surface area contributed by atoms with E-state index < -0.39 is 0 Å². The van der Waals surface area contributed by atoms with Crippen molar-refractivity contribution in [2.75, 3.05) is 12.1 Å². The second-order valence-electron chi connectivity index (χ2n) is 5.76. The summed E-state index contributed by atoms with van der Waals surface area (Å²) in [6, 6.07) is 15.5. The molecule has 0 saturated heterocycles. The molecule has 1 atom stereocenters. The summed E-state index contributed by atoms with van der Waals surface area (Å²) in [7, 11) is 0. The number of fused-ring (bicyclic) bond motifs is 2. The molecule has 0 radical (unpaired) electrons. The van der Waals surface area contributed by atoms with Gasteiger partial charge in [0.2, 0.25) is 6.79 Å². The first-order chi connectivity index (χ1) is 10.4. The van der Waals surface area contributed by atoms with Crippen LogP contribution in [-0.2, 0) is 12.8 Å². The van der Waals surface area contributed by atoms with Crippen LogP contribution in [0.5, 0.6) is 11.5 Å². The Morgan fingerprint density at radius 3 is 2.95 bits per heavy atom. The van der Waals surface area contributed by atoms with Crippen molar-refractivity contribution in [2.24, 2.45) is 0 Å². The van der Waals surface area contributed by atoms with Crippen molar-refractivity contribution in [3.05, 3.63) is 53.6 Å². The molecule has 0 spiro atoms. The molecule has 2 aromatic carbocycles. The Morgan fingerprint density at radius 2 is 1.95 bits per heavy atom. The molecule has 3 nitrogen and oxygen atoms in total. The van der Waals surface area contributed by atoms with Crippen molar-refractivity contribution in [3.63, 3.8) is 0 Å². The van der Waals surface area contributed by atoms with Gasteiger partial charge in [-0.2, -0.15) is 0 Å². The quantitative estimate of drug-likeness (QED) is 0.929. The van der Waals surface area contributed by atoms with Gasteiger partial charge >= 0.3 is 0 Å². The lowest BCUT2D eigenvalue weighted by Crippen LogP contribution is -2.25. The highest BCUT2D eigenvalue weighted by molar-refractivity contribution is 5.53. The lowest BCUT2D eigenvalue weighted by atomic mass is 9.94. The van der Waals surface area contributed by atoms with Crippen molar-refractivity contribution >= 4 is 5.69 Å². The topological polar surface area (TPSA) is 30.5 Å². The summed E-state index contributed by atoms with van der Waals surface area (Å²) in [5.41, 5.74) is 4.07. The lowest BCUT2D eigenvalue weighted by molar-refractivity contribution is 0.174. The molecule has 4 rings (SSSR count). The third kappa shape index (κ3) is 2.56. The molecule has 2 aliphatic rings. The Labute approximate surface area is 124 Å². The number of anilines is 1. The monoisotopic (exact) mass is 281 g/mol. The minimum atomic E-state index is 0.347. The van der Waals surface area contributed by atoms with Crippen LogP contribution in [0, 0.1) is 0 Å². The average Bonchev–Trinajstić information content (AvgIpc) is 3.00. The van der Waals surface area contributed by atoms with Crippen LogP contribution < -0.4 is 14.8 Å². The number of benzene rings is 2. The molecule has 2 aromatic rings. The number of ether oxygens (including phenoxy) is 2. The van der Waals surface area contributed by atoms with Crippen LogP contribution in [0.4, 0.5) is 5.69 Å². The van der Waals surface area contributed by atoms with Crippen LogP contribution >= 0.6 is 0 Å². The number of hydrogen-bond donors (Lipinski definition) is 1. The Kier molecular flexibility index (Phi) is 3.18. The molecule has 2 heterocycles. The highest BCUT2D eigenvalue weighted by Crippen LogP contribution is 2.33. The predicted octanol–water partition coefficient (Wildman–Crippen LogP) is 3.77. The molecule has 0 fully saturated rings. The van der Waals surface area contributed by atoms with Crippen molar-refractivity contribution in [1.29, 1.82) is 0 Å². The summed E-state index contributed by atoms with van der Waals surface area (Å²) < 4.78 is 10.8. The van der Waals surface area contributed by atoms with Gasteiger partial charge in [-0.3, -0.25) is 0 Å². The molecule has 0 amide bonds. The highest BCUT2D eigenvalue weighted by Gasteiger charge is 2.18. The Hall–Kier alpha value is -2.16. The van der Waals surface area contributed by atoms with E-state index in [0.717, 1.165) is 24.3 Å². The van der Waals surface area contributed by atoms with E-state index in [4.69, 9.17) is 9.47 Å². The second kappa shape index (κ2) is 5.32. The van der Waals surface area contributed by atoms with Gasteiger partial charge in [0.05, 0.1) is 0 Å². The zero-order chi connectivity index (χ0) is 14.1. The molecular formula is C18H19NO2. The van der Waals surface area contributed by atoms with E-state index >= 15 is 0 Å². The van der Waals surface area contributed by atoms with Crippen LogP contribution in [0.15, 0.2) is 42.5 Å². The Morgan fingerprint density at radius 1 is 1.05 bits per heavy atom. The van der Waals surface area contributed by atoms with E-state index in [9.17, 15) is 0 Å². The molecule has 1 unspecified atom stereocenters. The molecule has 0 bridgehead atoms. The largest absolute Gasteiger partial charge is 0.454 e. The number of para-hydroxylation sites is 1. The molecule has 0 aliphatic carbocycles. The number of hydrogen-bond acceptors (Lipinski definition) is 3. The van der Waals surface area contributed by atoms with Gasteiger partial charge < -0.3 is 14.8 Å². The van der Waals surface area contributed by atoms with Crippen LogP contribution in [0.2, 0.25) is 0 Å². The third-order valence-corrected chi connectivity index (χ3v) is 4.36. The summed E-state index contributed by atoms with van der Waals surface area (Å²) in [6.45, 7) is 0.347. The van der Waals surface area contributed by atoms with E-state index in [1.54, 1.807) is 0 Å². The summed E-state index contributed by atoms with van der Waals surface area (Å²) in [5.74, 6) is 1.75. The summed E-state index contributed by atoms with van der Waals surface area (Å²) in [6.07, 6.45) is 4.60. The van der Waals surface area contributed by atoms with Gasteiger partial charge in [-0.25, -0.2) is 0 Å². The van der Waals surface area contributed by atoms with Gasteiger partial charge in [0.1, 0.15) is 0 Å². The molecule has 0 aromatic heterocycles. The summed E-state index contributed by atoms with van der Waals surface area (Å²) >= 11 is 0. The first-order valence-electron chi connectivity index (χ1n) is 7.61. The normalized spacial score (nSPS) is 19.0. The maximum absolute atomic E-state index is 5.44. The first kappa shape index (κ1) is 12.6. The molecule has 0 saturated carbocycles. The van der Waals surface area contributed by atoms with Crippen molar-refractivity contribution in [2.45, 2.75) is 31.7 Å². The van der Waals surface area contributed by atoms with Crippen molar-refractivity contribution in [1.82, 2.24) is 0 Å². The maximum Gasteiger partial charge on any atom is 0.231 e.